The molecule has 8 nitrogen and oxygen atoms in total. The fraction of sp³-hybridized carbons (Fsp3) is 0.182. The molecule has 104 valence electrons. The maximum absolute atomic E-state index is 11.8. The minimum absolute atomic E-state index is 0.0212. The predicted octanol–water partition coefficient (Wildman–Crippen LogP) is 1.58. The Bertz CT molecular complexity index is 613. The number of benzene rings is 1. The van der Waals surface area contributed by atoms with Crippen LogP contribution in [0.2, 0.25) is 0 Å². The summed E-state index contributed by atoms with van der Waals surface area (Å²) in [5.74, 6) is -2.24. The molecule has 0 bridgehead atoms. The van der Waals surface area contributed by atoms with Crippen LogP contribution < -0.4 is 0 Å². The van der Waals surface area contributed by atoms with Crippen LogP contribution in [0.15, 0.2) is 22.7 Å². The van der Waals surface area contributed by atoms with Gasteiger partial charge in [-0.05, 0) is 28.1 Å². The predicted molar refractivity (Wildman–Crippen MR) is 67.3 cm³/mol. The van der Waals surface area contributed by atoms with Gasteiger partial charge in [0.05, 0.1) is 15.0 Å². The molecule has 0 spiro atoms. The van der Waals surface area contributed by atoms with Gasteiger partial charge in [0.1, 0.15) is 0 Å². The molecule has 0 saturated carbocycles. The first-order chi connectivity index (χ1) is 9.40. The Morgan fingerprint density at radius 1 is 1.30 bits per heavy atom. The van der Waals surface area contributed by atoms with Gasteiger partial charge in [-0.25, -0.2) is 4.79 Å². The second-order valence-electron chi connectivity index (χ2n) is 3.88. The third kappa shape index (κ3) is 2.67. The van der Waals surface area contributed by atoms with E-state index in [0.29, 0.717) is 5.06 Å². The number of halogens is 1. The number of imide groups is 1. The second kappa shape index (κ2) is 5.37. The highest BCUT2D eigenvalue weighted by atomic mass is 79.9. The van der Waals surface area contributed by atoms with E-state index in [4.69, 9.17) is 0 Å². The number of carbonyl (C=O) groups excluding carboxylic acids is 3. The largest absolute Gasteiger partial charge is 0.364 e. The number of nitro groups is 1. The fourth-order valence-electron chi connectivity index (χ4n) is 1.57. The van der Waals surface area contributed by atoms with Gasteiger partial charge in [0.25, 0.3) is 17.5 Å². The smallest absolute Gasteiger partial charge is 0.325 e. The minimum Gasteiger partial charge on any atom is -0.325 e. The van der Waals surface area contributed by atoms with E-state index >= 15 is 0 Å². The van der Waals surface area contributed by atoms with Crippen molar-refractivity contribution in [2.75, 3.05) is 0 Å². The quantitative estimate of drug-likeness (QED) is 0.468. The number of carbonyl (C=O) groups is 3. The van der Waals surface area contributed by atoms with Gasteiger partial charge in [-0.2, -0.15) is 0 Å². The van der Waals surface area contributed by atoms with Gasteiger partial charge in [0, 0.05) is 18.9 Å². The lowest BCUT2D eigenvalue weighted by atomic mass is 10.2. The molecular formula is C11H7BrN2O6. The molecule has 2 rings (SSSR count). The van der Waals surface area contributed by atoms with Gasteiger partial charge in [0.2, 0.25) is 0 Å². The van der Waals surface area contributed by atoms with Crippen molar-refractivity contribution in [1.29, 1.82) is 0 Å². The Labute approximate surface area is 120 Å². The second-order valence-corrected chi connectivity index (χ2v) is 4.74. The minimum atomic E-state index is -1.01. The van der Waals surface area contributed by atoms with Crippen LogP contribution >= 0.6 is 15.9 Å². The summed E-state index contributed by atoms with van der Waals surface area (Å²) in [5.41, 5.74) is -0.453. The Kier molecular flexibility index (Phi) is 3.79. The van der Waals surface area contributed by atoms with Crippen molar-refractivity contribution in [3.8, 4) is 0 Å². The van der Waals surface area contributed by atoms with Gasteiger partial charge in [-0.15, -0.1) is 5.06 Å². The molecule has 1 saturated heterocycles. The van der Waals surface area contributed by atoms with Gasteiger partial charge in [0.15, 0.2) is 0 Å². The van der Waals surface area contributed by atoms with Gasteiger partial charge in [-0.3, -0.25) is 19.7 Å². The number of rotatable bonds is 3. The number of hydrogen-bond acceptors (Lipinski definition) is 6. The van der Waals surface area contributed by atoms with Crippen LogP contribution in [0, 0.1) is 10.1 Å². The van der Waals surface area contributed by atoms with Crippen molar-refractivity contribution in [2.24, 2.45) is 0 Å². The molecule has 1 aliphatic rings. The zero-order valence-electron chi connectivity index (χ0n) is 9.87. The summed E-state index contributed by atoms with van der Waals surface area (Å²) in [4.78, 5) is 49.1. The summed E-state index contributed by atoms with van der Waals surface area (Å²) >= 11 is 2.98. The van der Waals surface area contributed by atoms with Crippen molar-refractivity contribution in [3.05, 3.63) is 38.3 Å². The number of amides is 2. The Morgan fingerprint density at radius 3 is 2.45 bits per heavy atom. The summed E-state index contributed by atoms with van der Waals surface area (Å²) in [5, 5.41) is 11.1. The van der Waals surface area contributed by atoms with E-state index in [1.807, 2.05) is 0 Å². The summed E-state index contributed by atoms with van der Waals surface area (Å²) in [6.45, 7) is 0. The van der Waals surface area contributed by atoms with Crippen LogP contribution in [-0.2, 0) is 14.4 Å². The normalized spacial score (nSPS) is 14.6. The molecule has 1 aliphatic heterocycles. The lowest BCUT2D eigenvalue weighted by Gasteiger charge is -2.12. The summed E-state index contributed by atoms with van der Waals surface area (Å²) < 4.78 is 0.201. The molecule has 0 atom stereocenters. The van der Waals surface area contributed by atoms with E-state index in [1.54, 1.807) is 0 Å². The lowest BCUT2D eigenvalue weighted by molar-refractivity contribution is -0.385. The fourth-order valence-corrected chi connectivity index (χ4v) is 1.96. The highest BCUT2D eigenvalue weighted by Gasteiger charge is 2.33. The monoisotopic (exact) mass is 342 g/mol. The molecule has 0 aliphatic carbocycles. The maximum atomic E-state index is 11.8. The lowest BCUT2D eigenvalue weighted by Crippen LogP contribution is -2.32. The molecule has 1 heterocycles. The number of hydrogen-bond donors (Lipinski definition) is 0. The number of nitro benzene ring substituents is 1. The highest BCUT2D eigenvalue weighted by molar-refractivity contribution is 9.10. The molecule has 1 aromatic carbocycles. The first-order valence-corrected chi connectivity index (χ1v) is 6.21. The molecule has 9 heteroatoms. The van der Waals surface area contributed by atoms with Crippen LogP contribution in [0.5, 0.6) is 0 Å². The summed E-state index contributed by atoms with van der Waals surface area (Å²) in [6.07, 6.45) is -0.0425. The third-order valence-electron chi connectivity index (χ3n) is 2.56. The molecule has 0 radical (unpaired) electrons. The molecule has 1 aromatic rings. The molecule has 0 unspecified atom stereocenters. The average molecular weight is 343 g/mol. The molecular weight excluding hydrogens is 336 g/mol. The molecule has 0 N–H and O–H groups in total. The highest BCUT2D eigenvalue weighted by Crippen LogP contribution is 2.26. The topological polar surface area (TPSA) is 107 Å². The van der Waals surface area contributed by atoms with Crippen molar-refractivity contribution in [2.45, 2.75) is 12.8 Å². The molecule has 1 fully saturated rings. The van der Waals surface area contributed by atoms with Gasteiger partial charge >= 0.3 is 5.97 Å². The first kappa shape index (κ1) is 14.1. The Balaban J connectivity index is 2.21. The summed E-state index contributed by atoms with van der Waals surface area (Å²) in [7, 11) is 0. The SMILES string of the molecule is O=C(ON1C(=O)CCC1=O)c1ccc(Br)c([N+](=O)[O-])c1. The van der Waals surface area contributed by atoms with E-state index < -0.39 is 22.7 Å². The van der Waals surface area contributed by atoms with Gasteiger partial charge < -0.3 is 4.84 Å². The Morgan fingerprint density at radius 2 is 1.90 bits per heavy atom. The van der Waals surface area contributed by atoms with Crippen LogP contribution in [0.1, 0.15) is 23.2 Å². The first-order valence-electron chi connectivity index (χ1n) is 5.42. The van der Waals surface area contributed by atoms with Crippen LogP contribution in [0.4, 0.5) is 5.69 Å². The van der Waals surface area contributed by atoms with E-state index in [1.165, 1.54) is 12.1 Å². The molecule has 20 heavy (non-hydrogen) atoms. The van der Waals surface area contributed by atoms with E-state index in [9.17, 15) is 24.5 Å². The Hall–Kier alpha value is -2.29. The number of hydroxylamine groups is 2. The van der Waals surface area contributed by atoms with E-state index in [2.05, 4.69) is 20.8 Å². The molecule has 0 aromatic heterocycles. The van der Waals surface area contributed by atoms with E-state index in [-0.39, 0.29) is 28.6 Å². The third-order valence-corrected chi connectivity index (χ3v) is 3.23. The molecule has 2 amide bonds. The number of nitrogens with zero attached hydrogens (tertiary/aromatic N) is 2. The standard InChI is InChI=1S/C11H7BrN2O6/c12-7-2-1-6(5-8(7)14(18)19)11(17)20-13-9(15)3-4-10(13)16/h1-2,5H,3-4H2. The van der Waals surface area contributed by atoms with Crippen molar-refractivity contribution in [1.82, 2.24) is 5.06 Å². The van der Waals surface area contributed by atoms with Crippen LogP contribution in [-0.4, -0.2) is 27.8 Å². The zero-order chi connectivity index (χ0) is 14.9. The van der Waals surface area contributed by atoms with Crippen molar-refractivity contribution in [3.63, 3.8) is 0 Å². The zero-order valence-corrected chi connectivity index (χ0v) is 11.5. The van der Waals surface area contributed by atoms with E-state index in [0.717, 1.165) is 6.07 Å². The van der Waals surface area contributed by atoms with Crippen molar-refractivity contribution >= 4 is 39.4 Å². The van der Waals surface area contributed by atoms with Crippen molar-refractivity contribution < 1.29 is 24.1 Å². The van der Waals surface area contributed by atoms with Crippen LogP contribution in [0.25, 0.3) is 0 Å². The average Bonchev–Trinajstić information content (AvgIpc) is 2.70. The van der Waals surface area contributed by atoms with Gasteiger partial charge in [-0.1, -0.05) is 0 Å². The van der Waals surface area contributed by atoms with Crippen LogP contribution in [0.3, 0.4) is 0 Å². The summed E-state index contributed by atoms with van der Waals surface area (Å²) in [6, 6.07) is 3.59. The maximum Gasteiger partial charge on any atom is 0.364 e.